The summed E-state index contributed by atoms with van der Waals surface area (Å²) < 4.78 is 7.23. The molecule has 0 saturated carbocycles. The van der Waals surface area contributed by atoms with Crippen LogP contribution in [-0.4, -0.2) is 64.7 Å². The van der Waals surface area contributed by atoms with Crippen molar-refractivity contribution in [3.05, 3.63) is 65.2 Å². The molecular formula is C24H28ClN5O2S. The first kappa shape index (κ1) is 23.6. The van der Waals surface area contributed by atoms with E-state index >= 15 is 0 Å². The van der Waals surface area contributed by atoms with Gasteiger partial charge < -0.3 is 14.5 Å². The third kappa shape index (κ3) is 6.07. The van der Waals surface area contributed by atoms with Crippen molar-refractivity contribution in [3.63, 3.8) is 0 Å². The highest BCUT2D eigenvalue weighted by Crippen LogP contribution is 2.29. The molecule has 0 unspecified atom stereocenters. The molecule has 0 atom stereocenters. The van der Waals surface area contributed by atoms with Crippen molar-refractivity contribution >= 4 is 35.2 Å². The molecule has 0 bridgehead atoms. The average molecular weight is 486 g/mol. The van der Waals surface area contributed by atoms with Crippen LogP contribution in [0.2, 0.25) is 5.02 Å². The number of thioether (sulfide) groups is 1. The lowest BCUT2D eigenvalue weighted by Crippen LogP contribution is -2.34. The molecule has 0 radical (unpaired) electrons. The van der Waals surface area contributed by atoms with Gasteiger partial charge >= 0.3 is 0 Å². The topological polar surface area (TPSA) is 63.5 Å². The second kappa shape index (κ2) is 11.5. The first-order chi connectivity index (χ1) is 16.2. The minimum Gasteiger partial charge on any atom is -0.383 e. The van der Waals surface area contributed by atoms with Crippen LogP contribution in [0.15, 0.2) is 59.8 Å². The number of amides is 1. The lowest BCUT2D eigenvalue weighted by Gasteiger charge is -2.22. The maximum absolute atomic E-state index is 13.2. The van der Waals surface area contributed by atoms with E-state index in [1.54, 1.807) is 7.11 Å². The Balaban J connectivity index is 1.53. The molecule has 2 aromatic carbocycles. The van der Waals surface area contributed by atoms with E-state index in [1.807, 2.05) is 64.1 Å². The zero-order valence-corrected chi connectivity index (χ0v) is 20.3. The van der Waals surface area contributed by atoms with E-state index in [0.29, 0.717) is 29.9 Å². The Hall–Kier alpha value is -2.55. The first-order valence-corrected chi connectivity index (χ1v) is 12.4. The second-order valence-electron chi connectivity index (χ2n) is 7.87. The quantitative estimate of drug-likeness (QED) is 0.399. The third-order valence-electron chi connectivity index (χ3n) is 5.53. The maximum atomic E-state index is 13.2. The molecule has 4 rings (SSSR count). The number of hydrogen-bond donors (Lipinski definition) is 0. The Kier molecular flexibility index (Phi) is 8.25. The van der Waals surface area contributed by atoms with Crippen molar-refractivity contribution in [2.45, 2.75) is 24.5 Å². The molecule has 1 fully saturated rings. The predicted octanol–water partition coefficient (Wildman–Crippen LogP) is 4.29. The molecule has 1 aliphatic heterocycles. The average Bonchev–Trinajstić information content (AvgIpc) is 3.50. The fourth-order valence-corrected chi connectivity index (χ4v) is 4.87. The number of benzene rings is 2. The fraction of sp³-hybridized carbons (Fsp3) is 0.375. The Morgan fingerprint density at radius 3 is 2.64 bits per heavy atom. The van der Waals surface area contributed by atoms with Gasteiger partial charge in [0.2, 0.25) is 11.9 Å². The highest BCUT2D eigenvalue weighted by atomic mass is 35.5. The Morgan fingerprint density at radius 1 is 1.12 bits per heavy atom. The molecule has 9 heteroatoms. The lowest BCUT2D eigenvalue weighted by atomic mass is 10.2. The van der Waals surface area contributed by atoms with Crippen LogP contribution in [0.1, 0.15) is 18.4 Å². The van der Waals surface area contributed by atoms with Crippen LogP contribution in [0, 0.1) is 0 Å². The zero-order chi connectivity index (χ0) is 23.0. The van der Waals surface area contributed by atoms with E-state index in [4.69, 9.17) is 16.3 Å². The van der Waals surface area contributed by atoms with Gasteiger partial charge in [-0.1, -0.05) is 59.8 Å². The molecule has 3 aromatic rings. The number of aromatic nitrogens is 3. The minimum absolute atomic E-state index is 0.0317. The fourth-order valence-electron chi connectivity index (χ4n) is 3.83. The summed E-state index contributed by atoms with van der Waals surface area (Å²) >= 11 is 7.67. The van der Waals surface area contributed by atoms with Crippen molar-refractivity contribution in [3.8, 4) is 5.69 Å². The van der Waals surface area contributed by atoms with Crippen molar-refractivity contribution in [2.24, 2.45) is 0 Å². The molecule has 7 nitrogen and oxygen atoms in total. The van der Waals surface area contributed by atoms with Crippen LogP contribution in [-0.2, 0) is 16.1 Å². The molecule has 1 saturated heterocycles. The number of carbonyl (C=O) groups excluding carboxylic acids is 1. The van der Waals surface area contributed by atoms with Gasteiger partial charge in [-0.2, -0.15) is 0 Å². The third-order valence-corrected chi connectivity index (χ3v) is 6.68. The minimum atomic E-state index is 0.0317. The van der Waals surface area contributed by atoms with E-state index in [-0.39, 0.29) is 11.7 Å². The summed E-state index contributed by atoms with van der Waals surface area (Å²) in [5.74, 6) is 1.09. The van der Waals surface area contributed by atoms with Crippen LogP contribution >= 0.6 is 23.4 Å². The first-order valence-electron chi connectivity index (χ1n) is 11.1. The van der Waals surface area contributed by atoms with E-state index in [9.17, 15) is 4.79 Å². The van der Waals surface area contributed by atoms with Crippen molar-refractivity contribution in [1.29, 1.82) is 0 Å². The normalized spacial score (nSPS) is 13.5. The summed E-state index contributed by atoms with van der Waals surface area (Å²) in [4.78, 5) is 17.2. The summed E-state index contributed by atoms with van der Waals surface area (Å²) in [6.07, 6.45) is 2.27. The van der Waals surface area contributed by atoms with Gasteiger partial charge in [-0.25, -0.2) is 0 Å². The van der Waals surface area contributed by atoms with Crippen LogP contribution in [0.4, 0.5) is 5.95 Å². The number of rotatable bonds is 10. The zero-order valence-electron chi connectivity index (χ0n) is 18.7. The highest BCUT2D eigenvalue weighted by molar-refractivity contribution is 7.99. The summed E-state index contributed by atoms with van der Waals surface area (Å²) in [5, 5.41) is 10.2. The van der Waals surface area contributed by atoms with E-state index in [0.717, 1.165) is 43.1 Å². The van der Waals surface area contributed by atoms with Gasteiger partial charge in [0.25, 0.3) is 0 Å². The Morgan fingerprint density at radius 2 is 1.91 bits per heavy atom. The van der Waals surface area contributed by atoms with Crippen LogP contribution in [0.3, 0.4) is 0 Å². The molecule has 1 aromatic heterocycles. The van der Waals surface area contributed by atoms with Crippen molar-refractivity contribution < 1.29 is 9.53 Å². The van der Waals surface area contributed by atoms with Crippen LogP contribution in [0.25, 0.3) is 5.69 Å². The number of methoxy groups -OCH3 is 1. The standard InChI is InChI=1S/C24H28ClN5O2S/c1-32-15-14-29(17-19-8-3-2-4-9-19)22(31)18-33-24-27-26-23(28-12-5-6-13-28)30(24)21-11-7-10-20(25)16-21/h2-4,7-11,16H,5-6,12-15,17-18H2,1H3. The highest BCUT2D eigenvalue weighted by Gasteiger charge is 2.24. The molecule has 1 aliphatic rings. The van der Waals surface area contributed by atoms with Gasteiger partial charge in [-0.15, -0.1) is 10.2 Å². The number of ether oxygens (including phenoxy) is 1. The molecule has 0 N–H and O–H groups in total. The van der Waals surface area contributed by atoms with E-state index in [2.05, 4.69) is 15.1 Å². The molecule has 2 heterocycles. The Bertz CT molecular complexity index is 1060. The van der Waals surface area contributed by atoms with Gasteiger partial charge in [0, 0.05) is 38.3 Å². The summed E-state index contributed by atoms with van der Waals surface area (Å²) in [6.45, 7) is 3.46. The molecule has 174 valence electrons. The number of halogens is 1. The van der Waals surface area contributed by atoms with Gasteiger partial charge in [-0.05, 0) is 36.6 Å². The lowest BCUT2D eigenvalue weighted by molar-refractivity contribution is -0.129. The number of carbonyl (C=O) groups is 1. The monoisotopic (exact) mass is 485 g/mol. The summed E-state index contributed by atoms with van der Waals surface area (Å²) in [6, 6.07) is 17.6. The Labute approximate surface area is 203 Å². The van der Waals surface area contributed by atoms with Gasteiger partial charge in [-0.3, -0.25) is 9.36 Å². The van der Waals surface area contributed by atoms with Crippen molar-refractivity contribution in [1.82, 2.24) is 19.7 Å². The molecular weight excluding hydrogens is 458 g/mol. The molecule has 1 amide bonds. The molecule has 33 heavy (non-hydrogen) atoms. The number of anilines is 1. The van der Waals surface area contributed by atoms with Gasteiger partial charge in [0.05, 0.1) is 18.0 Å². The maximum Gasteiger partial charge on any atom is 0.233 e. The van der Waals surface area contributed by atoms with Crippen LogP contribution < -0.4 is 4.90 Å². The molecule has 0 spiro atoms. The SMILES string of the molecule is COCCN(Cc1ccccc1)C(=O)CSc1nnc(N2CCCC2)n1-c1cccc(Cl)c1. The summed E-state index contributed by atoms with van der Waals surface area (Å²) in [5.41, 5.74) is 1.98. The number of nitrogens with zero attached hydrogens (tertiary/aromatic N) is 5. The van der Waals surface area contributed by atoms with Crippen molar-refractivity contribution in [2.75, 3.05) is 44.0 Å². The van der Waals surface area contributed by atoms with Gasteiger partial charge in [0.1, 0.15) is 0 Å². The number of hydrogen-bond acceptors (Lipinski definition) is 6. The smallest absolute Gasteiger partial charge is 0.233 e. The molecule has 0 aliphatic carbocycles. The van der Waals surface area contributed by atoms with E-state index < -0.39 is 0 Å². The predicted molar refractivity (Wildman–Crippen MR) is 132 cm³/mol. The largest absolute Gasteiger partial charge is 0.383 e. The van der Waals surface area contributed by atoms with Crippen LogP contribution in [0.5, 0.6) is 0 Å². The van der Waals surface area contributed by atoms with Gasteiger partial charge in [0.15, 0.2) is 5.16 Å². The van der Waals surface area contributed by atoms with E-state index in [1.165, 1.54) is 11.8 Å². The second-order valence-corrected chi connectivity index (χ2v) is 9.25. The summed E-state index contributed by atoms with van der Waals surface area (Å²) in [7, 11) is 1.65.